The molecule has 0 N–H and O–H groups in total. The Kier molecular flexibility index (Phi) is 5.60. The highest BCUT2D eigenvalue weighted by atomic mass is 19.4. The van der Waals surface area contributed by atoms with Crippen LogP contribution < -0.4 is 0 Å². The Morgan fingerprint density at radius 3 is 2.32 bits per heavy atom. The maximum Gasteiger partial charge on any atom is 0.416 e. The van der Waals surface area contributed by atoms with Crippen LogP contribution in [0.3, 0.4) is 0 Å². The third-order valence-corrected chi connectivity index (χ3v) is 5.58. The van der Waals surface area contributed by atoms with E-state index in [1.54, 1.807) is 12.1 Å². The molecule has 31 heavy (non-hydrogen) atoms. The van der Waals surface area contributed by atoms with Crippen molar-refractivity contribution in [3.05, 3.63) is 94.8 Å². The van der Waals surface area contributed by atoms with Gasteiger partial charge in [0.15, 0.2) is 0 Å². The largest absolute Gasteiger partial charge is 0.416 e. The number of aryl methyl sites for hydroxylation is 1. The molecule has 2 nitrogen and oxygen atoms in total. The minimum absolute atomic E-state index is 0.0260. The summed E-state index contributed by atoms with van der Waals surface area (Å²) in [5, 5.41) is 0. The van der Waals surface area contributed by atoms with Gasteiger partial charge in [-0.2, -0.15) is 26.3 Å². The fourth-order valence-corrected chi connectivity index (χ4v) is 4.23. The molecule has 0 saturated carbocycles. The van der Waals surface area contributed by atoms with E-state index in [0.717, 1.165) is 23.9 Å². The molecule has 164 valence electrons. The zero-order valence-electron chi connectivity index (χ0n) is 16.4. The third-order valence-electron chi connectivity index (χ3n) is 5.58. The summed E-state index contributed by atoms with van der Waals surface area (Å²) in [7, 11) is 0. The van der Waals surface area contributed by atoms with E-state index in [9.17, 15) is 26.3 Å². The molecule has 4 rings (SSSR count). The highest BCUT2D eigenvalue weighted by Gasteiger charge is 2.36. The van der Waals surface area contributed by atoms with Gasteiger partial charge in [0.2, 0.25) is 0 Å². The molecule has 8 heteroatoms. The number of halogens is 6. The standard InChI is InChI=1S/C23H20F6N2/c24-22(25,26)18-8-3-7-16(14-18)21-20-10-4-11-30(20)12-5-13-31(21)15-17-6-1-2-9-19(17)23(27,28)29/h1-4,6-11,14,21H,5,12-13,15H2/t21-/m0/s1. The second kappa shape index (κ2) is 8.07. The molecule has 0 aliphatic carbocycles. The van der Waals surface area contributed by atoms with Crippen molar-refractivity contribution in [1.29, 1.82) is 0 Å². The number of rotatable bonds is 3. The van der Waals surface area contributed by atoms with Gasteiger partial charge < -0.3 is 4.57 Å². The van der Waals surface area contributed by atoms with Crippen LogP contribution in [0.1, 0.15) is 40.4 Å². The first-order valence-electron chi connectivity index (χ1n) is 9.86. The summed E-state index contributed by atoms with van der Waals surface area (Å²) in [6.07, 6.45) is -6.49. The van der Waals surface area contributed by atoms with Crippen molar-refractivity contribution >= 4 is 0 Å². The quantitative estimate of drug-likeness (QED) is 0.423. The van der Waals surface area contributed by atoms with Crippen LogP contribution >= 0.6 is 0 Å². The molecule has 0 bridgehead atoms. The number of fused-ring (bicyclic) bond motifs is 1. The predicted octanol–water partition coefficient (Wildman–Crippen LogP) is 6.52. The molecule has 1 aliphatic heterocycles. The van der Waals surface area contributed by atoms with Crippen LogP contribution in [0.5, 0.6) is 0 Å². The van der Waals surface area contributed by atoms with E-state index in [0.29, 0.717) is 25.1 Å². The third kappa shape index (κ3) is 4.49. The number of nitrogens with zero attached hydrogens (tertiary/aromatic N) is 2. The first kappa shape index (κ1) is 21.5. The number of aromatic nitrogens is 1. The highest BCUT2D eigenvalue weighted by molar-refractivity contribution is 5.35. The molecule has 0 radical (unpaired) electrons. The molecular weight excluding hydrogens is 418 g/mol. The molecular formula is C23H20F6N2. The number of hydrogen-bond acceptors (Lipinski definition) is 1. The first-order chi connectivity index (χ1) is 14.6. The van der Waals surface area contributed by atoms with Gasteiger partial charge in [-0.1, -0.05) is 30.3 Å². The lowest BCUT2D eigenvalue weighted by atomic mass is 9.98. The molecule has 2 heterocycles. The van der Waals surface area contributed by atoms with Crippen LogP contribution in [0, 0.1) is 0 Å². The highest BCUT2D eigenvalue weighted by Crippen LogP contribution is 2.38. The fourth-order valence-electron chi connectivity index (χ4n) is 4.23. The second-order valence-electron chi connectivity index (χ2n) is 7.63. The van der Waals surface area contributed by atoms with Crippen LogP contribution in [-0.4, -0.2) is 16.0 Å². The molecule has 0 spiro atoms. The molecule has 0 fully saturated rings. The van der Waals surface area contributed by atoms with Gasteiger partial charge in [0.1, 0.15) is 0 Å². The second-order valence-corrected chi connectivity index (χ2v) is 7.63. The lowest BCUT2D eigenvalue weighted by Gasteiger charge is -2.31. The summed E-state index contributed by atoms with van der Waals surface area (Å²) >= 11 is 0. The van der Waals surface area contributed by atoms with Crippen LogP contribution in [0.15, 0.2) is 66.9 Å². The molecule has 0 amide bonds. The minimum atomic E-state index is -4.51. The topological polar surface area (TPSA) is 8.17 Å². The van der Waals surface area contributed by atoms with E-state index in [-0.39, 0.29) is 12.1 Å². The van der Waals surface area contributed by atoms with Crippen LogP contribution in [-0.2, 0) is 25.4 Å². The first-order valence-corrected chi connectivity index (χ1v) is 9.86. The van der Waals surface area contributed by atoms with Crippen LogP contribution in [0.25, 0.3) is 0 Å². The van der Waals surface area contributed by atoms with Crippen molar-refractivity contribution in [2.75, 3.05) is 6.54 Å². The summed E-state index contributed by atoms with van der Waals surface area (Å²) in [5.74, 6) is 0. The van der Waals surface area contributed by atoms with Crippen molar-refractivity contribution in [2.24, 2.45) is 0 Å². The number of alkyl halides is 6. The monoisotopic (exact) mass is 438 g/mol. The van der Waals surface area contributed by atoms with Gasteiger partial charge in [0.25, 0.3) is 0 Å². The predicted molar refractivity (Wildman–Crippen MR) is 104 cm³/mol. The average molecular weight is 438 g/mol. The Morgan fingerprint density at radius 1 is 0.806 bits per heavy atom. The van der Waals surface area contributed by atoms with E-state index in [1.165, 1.54) is 18.2 Å². The van der Waals surface area contributed by atoms with E-state index in [2.05, 4.69) is 0 Å². The maximum atomic E-state index is 13.5. The molecule has 1 aliphatic rings. The van der Waals surface area contributed by atoms with E-state index < -0.39 is 29.5 Å². The number of hydrogen-bond donors (Lipinski definition) is 0. The van der Waals surface area contributed by atoms with Gasteiger partial charge in [-0.05, 0) is 47.9 Å². The SMILES string of the molecule is FC(F)(F)c1cccc([C@H]2c3cccn3CCCN2Cc2ccccc2C(F)(F)F)c1. The Balaban J connectivity index is 1.79. The Hall–Kier alpha value is -2.74. The lowest BCUT2D eigenvalue weighted by Crippen LogP contribution is -2.30. The molecule has 0 unspecified atom stereocenters. The lowest BCUT2D eigenvalue weighted by molar-refractivity contribution is -0.139. The van der Waals surface area contributed by atoms with Gasteiger partial charge in [0.05, 0.1) is 17.2 Å². The van der Waals surface area contributed by atoms with Crippen molar-refractivity contribution in [2.45, 2.75) is 37.9 Å². The molecule has 1 aromatic heterocycles. The summed E-state index contributed by atoms with van der Waals surface area (Å²) < 4.78 is 82.6. The van der Waals surface area contributed by atoms with Crippen molar-refractivity contribution in [3.63, 3.8) is 0 Å². The van der Waals surface area contributed by atoms with Gasteiger partial charge >= 0.3 is 12.4 Å². The van der Waals surface area contributed by atoms with Gasteiger partial charge in [-0.3, -0.25) is 4.90 Å². The molecule has 0 saturated heterocycles. The Morgan fingerprint density at radius 2 is 1.58 bits per heavy atom. The van der Waals surface area contributed by atoms with Crippen molar-refractivity contribution in [1.82, 2.24) is 9.47 Å². The zero-order chi connectivity index (χ0) is 22.2. The smallest absolute Gasteiger partial charge is 0.350 e. The molecule has 2 aromatic carbocycles. The summed E-state index contributed by atoms with van der Waals surface area (Å²) in [6.45, 7) is 1.08. The van der Waals surface area contributed by atoms with Crippen LogP contribution in [0.4, 0.5) is 26.3 Å². The average Bonchev–Trinajstić information content (AvgIpc) is 3.08. The normalized spacial score (nSPS) is 17.9. The Bertz CT molecular complexity index is 1050. The summed E-state index contributed by atoms with van der Waals surface area (Å²) in [6, 6.07) is 13.4. The van der Waals surface area contributed by atoms with E-state index in [4.69, 9.17) is 0 Å². The van der Waals surface area contributed by atoms with Gasteiger partial charge in [-0.15, -0.1) is 0 Å². The van der Waals surface area contributed by atoms with E-state index in [1.807, 2.05) is 27.8 Å². The van der Waals surface area contributed by atoms with E-state index >= 15 is 0 Å². The minimum Gasteiger partial charge on any atom is -0.350 e. The maximum absolute atomic E-state index is 13.5. The zero-order valence-corrected chi connectivity index (χ0v) is 16.4. The van der Waals surface area contributed by atoms with Crippen molar-refractivity contribution < 1.29 is 26.3 Å². The van der Waals surface area contributed by atoms with Gasteiger partial charge in [-0.25, -0.2) is 0 Å². The van der Waals surface area contributed by atoms with Crippen LogP contribution in [0.2, 0.25) is 0 Å². The Labute approximate surface area is 175 Å². The van der Waals surface area contributed by atoms with Gasteiger partial charge in [0, 0.05) is 31.5 Å². The fraction of sp³-hybridized carbons (Fsp3) is 0.304. The molecule has 1 atom stereocenters. The number of benzene rings is 2. The summed E-state index contributed by atoms with van der Waals surface area (Å²) in [5.41, 5.74) is -0.227. The molecule has 3 aromatic rings. The summed E-state index contributed by atoms with van der Waals surface area (Å²) in [4.78, 5) is 1.83. The van der Waals surface area contributed by atoms with Crippen molar-refractivity contribution in [3.8, 4) is 0 Å².